The summed E-state index contributed by atoms with van der Waals surface area (Å²) in [5.74, 6) is 5.96. The zero-order chi connectivity index (χ0) is 15.7. The van der Waals surface area contributed by atoms with E-state index < -0.39 is 0 Å². The molecule has 1 aromatic heterocycles. The Bertz CT molecular complexity index is 594. The summed E-state index contributed by atoms with van der Waals surface area (Å²) in [6, 6.07) is 3.56. The van der Waals surface area contributed by atoms with Gasteiger partial charge in [-0.15, -0.1) is 0 Å². The average molecular weight is 285 g/mol. The molecular weight excluding hydrogens is 262 g/mol. The lowest BCUT2D eigenvalue weighted by atomic mass is 10.0. The number of hydrogen-bond donors (Lipinski definition) is 2. The van der Waals surface area contributed by atoms with Gasteiger partial charge >= 0.3 is 0 Å². The Balaban J connectivity index is 2.05. The van der Waals surface area contributed by atoms with Gasteiger partial charge in [0.2, 0.25) is 0 Å². The average Bonchev–Trinajstić information content (AvgIpc) is 2.84. The fourth-order valence-corrected chi connectivity index (χ4v) is 2.96. The second-order valence-corrected chi connectivity index (χ2v) is 6.61. The minimum absolute atomic E-state index is 0.171. The van der Waals surface area contributed by atoms with Crippen LogP contribution in [0.2, 0.25) is 0 Å². The Morgan fingerprint density at radius 2 is 2.05 bits per heavy atom. The number of carbonyl (C=O) groups excluding carboxylic acids is 1. The molecule has 112 valence electrons. The first-order valence-electron chi connectivity index (χ1n) is 7.24. The quantitative estimate of drug-likeness (QED) is 0.832. The third-order valence-corrected chi connectivity index (χ3v) is 5.13. The topological polar surface area (TPSA) is 68.0 Å². The minimum Gasteiger partial charge on any atom is -0.350 e. The molecule has 1 saturated carbocycles. The first kappa shape index (κ1) is 15.5. The Kier molecular flexibility index (Phi) is 4.06. The predicted octanol–water partition coefficient (Wildman–Crippen LogP) is 1.80. The van der Waals surface area contributed by atoms with Gasteiger partial charge in [0.25, 0.3) is 5.91 Å². The first-order chi connectivity index (χ1) is 9.82. The van der Waals surface area contributed by atoms with E-state index in [9.17, 15) is 4.79 Å². The number of aromatic nitrogens is 1. The van der Waals surface area contributed by atoms with Crippen molar-refractivity contribution in [3.8, 4) is 11.8 Å². The lowest BCUT2D eigenvalue weighted by Gasteiger charge is -2.07. The van der Waals surface area contributed by atoms with Crippen LogP contribution >= 0.6 is 0 Å². The molecule has 21 heavy (non-hydrogen) atoms. The van der Waals surface area contributed by atoms with Crippen molar-refractivity contribution < 1.29 is 4.79 Å². The van der Waals surface area contributed by atoms with Crippen LogP contribution in [0.4, 0.5) is 0 Å². The second-order valence-electron chi connectivity index (χ2n) is 6.61. The van der Waals surface area contributed by atoms with Gasteiger partial charge in [0, 0.05) is 12.7 Å². The van der Waals surface area contributed by atoms with Crippen molar-refractivity contribution in [3.63, 3.8) is 0 Å². The van der Waals surface area contributed by atoms with Gasteiger partial charge in [-0.25, -0.2) is 4.98 Å². The highest BCUT2D eigenvalue weighted by Crippen LogP contribution is 2.67. The number of nitrogens with two attached hydrogens (primary N) is 1. The fraction of sp³-hybridized carbons (Fsp3) is 0.529. The summed E-state index contributed by atoms with van der Waals surface area (Å²) in [5, 5.41) is 2.99. The highest BCUT2D eigenvalue weighted by molar-refractivity contribution is 5.94. The van der Waals surface area contributed by atoms with Crippen LogP contribution in [0.15, 0.2) is 18.3 Å². The van der Waals surface area contributed by atoms with Gasteiger partial charge in [-0.3, -0.25) is 4.79 Å². The zero-order valence-corrected chi connectivity index (χ0v) is 13.2. The molecule has 3 N–H and O–H groups in total. The standard InChI is InChI=1S/C17H23N3O/c1-16(2)13(17(16,3)4)11-20-15(21)14-12(7-5-9-18)8-6-10-19-14/h6,8,10,13H,9,11,18H2,1-4H3,(H,20,21). The highest BCUT2D eigenvalue weighted by Gasteiger charge is 2.64. The number of hydrogen-bond acceptors (Lipinski definition) is 3. The third kappa shape index (κ3) is 2.79. The van der Waals surface area contributed by atoms with E-state index >= 15 is 0 Å². The Hall–Kier alpha value is -1.86. The molecule has 1 aliphatic rings. The summed E-state index contributed by atoms with van der Waals surface area (Å²) in [4.78, 5) is 16.5. The molecule has 0 bridgehead atoms. The van der Waals surface area contributed by atoms with Crippen LogP contribution in [0.1, 0.15) is 43.7 Å². The molecule has 1 amide bonds. The Morgan fingerprint density at radius 3 is 2.62 bits per heavy atom. The summed E-state index contributed by atoms with van der Waals surface area (Å²) in [7, 11) is 0. The third-order valence-electron chi connectivity index (χ3n) is 5.13. The van der Waals surface area contributed by atoms with Crippen LogP contribution in [0, 0.1) is 28.6 Å². The summed E-state index contributed by atoms with van der Waals surface area (Å²) in [5.41, 5.74) is 6.88. The van der Waals surface area contributed by atoms with Crippen molar-refractivity contribution in [2.45, 2.75) is 27.7 Å². The number of pyridine rings is 1. The van der Waals surface area contributed by atoms with E-state index in [0.717, 1.165) is 0 Å². The summed E-state index contributed by atoms with van der Waals surface area (Å²) in [6.45, 7) is 9.89. The van der Waals surface area contributed by atoms with Crippen molar-refractivity contribution in [2.24, 2.45) is 22.5 Å². The number of amides is 1. The zero-order valence-electron chi connectivity index (χ0n) is 13.2. The van der Waals surface area contributed by atoms with E-state index in [1.807, 2.05) is 0 Å². The van der Waals surface area contributed by atoms with E-state index in [-0.39, 0.29) is 23.3 Å². The van der Waals surface area contributed by atoms with Crippen molar-refractivity contribution >= 4 is 5.91 Å². The van der Waals surface area contributed by atoms with Crippen molar-refractivity contribution in [1.82, 2.24) is 10.3 Å². The van der Waals surface area contributed by atoms with Gasteiger partial charge in [-0.05, 0) is 28.9 Å². The molecule has 1 aromatic rings. The van der Waals surface area contributed by atoms with Crippen LogP contribution in [0.5, 0.6) is 0 Å². The summed E-state index contributed by atoms with van der Waals surface area (Å²) >= 11 is 0. The molecule has 4 nitrogen and oxygen atoms in total. The minimum atomic E-state index is -0.171. The van der Waals surface area contributed by atoms with Crippen LogP contribution in [-0.2, 0) is 0 Å². The normalized spacial score (nSPS) is 18.5. The summed E-state index contributed by atoms with van der Waals surface area (Å²) in [6.07, 6.45) is 1.60. The molecule has 0 aliphatic heterocycles. The smallest absolute Gasteiger partial charge is 0.271 e. The Labute approximate surface area is 126 Å². The van der Waals surface area contributed by atoms with Gasteiger partial charge in [-0.2, -0.15) is 0 Å². The monoisotopic (exact) mass is 285 g/mol. The molecule has 0 radical (unpaired) electrons. The van der Waals surface area contributed by atoms with E-state index in [1.165, 1.54) is 0 Å². The van der Waals surface area contributed by atoms with Crippen molar-refractivity contribution in [2.75, 3.05) is 13.1 Å². The fourth-order valence-electron chi connectivity index (χ4n) is 2.96. The van der Waals surface area contributed by atoms with Gasteiger partial charge in [0.1, 0.15) is 5.69 Å². The first-order valence-corrected chi connectivity index (χ1v) is 7.24. The Morgan fingerprint density at radius 1 is 1.38 bits per heavy atom. The molecule has 1 aliphatic carbocycles. The SMILES string of the molecule is CC1(C)C(CNC(=O)c2ncccc2C#CCN)C1(C)C. The van der Waals surface area contributed by atoms with Crippen LogP contribution in [-0.4, -0.2) is 24.0 Å². The maximum absolute atomic E-state index is 12.3. The second kappa shape index (κ2) is 5.50. The van der Waals surface area contributed by atoms with Gasteiger partial charge in [0.05, 0.1) is 12.1 Å². The number of nitrogens with zero attached hydrogens (tertiary/aromatic N) is 1. The molecule has 4 heteroatoms. The van der Waals surface area contributed by atoms with Gasteiger partial charge in [-0.1, -0.05) is 39.5 Å². The van der Waals surface area contributed by atoms with Crippen LogP contribution in [0.3, 0.4) is 0 Å². The molecule has 0 aromatic carbocycles. The molecule has 0 saturated heterocycles. The van der Waals surface area contributed by atoms with E-state index in [2.05, 4.69) is 49.8 Å². The molecule has 1 fully saturated rings. The number of rotatable bonds is 3. The molecule has 0 atom stereocenters. The van der Waals surface area contributed by atoms with Gasteiger partial charge < -0.3 is 11.1 Å². The van der Waals surface area contributed by atoms with E-state index in [0.29, 0.717) is 23.7 Å². The van der Waals surface area contributed by atoms with Crippen molar-refractivity contribution in [3.05, 3.63) is 29.6 Å². The maximum atomic E-state index is 12.3. The largest absolute Gasteiger partial charge is 0.350 e. The van der Waals surface area contributed by atoms with Crippen LogP contribution < -0.4 is 11.1 Å². The van der Waals surface area contributed by atoms with E-state index in [4.69, 9.17) is 5.73 Å². The van der Waals surface area contributed by atoms with Crippen molar-refractivity contribution in [1.29, 1.82) is 0 Å². The molecule has 1 heterocycles. The van der Waals surface area contributed by atoms with Crippen LogP contribution in [0.25, 0.3) is 0 Å². The lowest BCUT2D eigenvalue weighted by Crippen LogP contribution is -2.28. The predicted molar refractivity (Wildman–Crippen MR) is 83.6 cm³/mol. The molecule has 0 unspecified atom stereocenters. The molecular formula is C17H23N3O. The van der Waals surface area contributed by atoms with E-state index in [1.54, 1.807) is 18.3 Å². The molecule has 2 rings (SSSR count). The highest BCUT2D eigenvalue weighted by atomic mass is 16.1. The van der Waals surface area contributed by atoms with Gasteiger partial charge in [0.15, 0.2) is 0 Å². The number of carbonyl (C=O) groups is 1. The molecule has 0 spiro atoms. The maximum Gasteiger partial charge on any atom is 0.271 e. The lowest BCUT2D eigenvalue weighted by molar-refractivity contribution is 0.0944. The summed E-state index contributed by atoms with van der Waals surface area (Å²) < 4.78 is 0. The number of nitrogens with one attached hydrogen (secondary N) is 1.